The van der Waals surface area contributed by atoms with Crippen LogP contribution in [0.3, 0.4) is 0 Å². The molecule has 36 nitrogen and oxygen atoms in total. The standard InChI is InChI=1S/2C20H27N5O4S.C19H21N5O4S.C19H25N5O4S/c2*1-11(2)16-7-13(5)8-17(12(3)4)18(16)24-19(27)25-30(28,29)20-21-9-15(10-22-20)23-14(6)26;1-11(25)22-14-9-20-19(21-10-14)29(27,28)24-18(26)23-17-15-6-2-4-12(15)8-13-5-3-7-16(13)17;1-11(2)15-7-6-8-16(12(3)4)17(15)23-18(26)24-29(27,28)19-20-9-14(10-21-19)22-13(5)25/h2*7-12H,1-6H3,(H,23,26)(H2,24,25,27);8-10H,2-7H2,1H3,(H,22,25)(H2,23,24,26);6-12H,1-5H3,(H,22,25)(H2,23,24,26). The molecule has 0 unspecified atom stereocenters. The smallest absolute Gasteiger partial charge is 0.324 e. The Hall–Kier alpha value is -12.0. The summed E-state index contributed by atoms with van der Waals surface area (Å²) in [6.45, 7) is 33.2. The molecule has 4 aromatic carbocycles. The highest BCUT2D eigenvalue weighted by atomic mass is 32.2. The minimum Gasteiger partial charge on any atom is -0.324 e. The number of hydrogen-bond donors (Lipinski definition) is 12. The Morgan fingerprint density at radius 1 is 0.297 bits per heavy atom. The van der Waals surface area contributed by atoms with Crippen LogP contribution >= 0.6 is 0 Å². The predicted molar refractivity (Wildman–Crippen MR) is 447 cm³/mol. The molecule has 632 valence electrons. The zero-order chi connectivity index (χ0) is 87.6. The van der Waals surface area contributed by atoms with E-state index in [0.29, 0.717) is 17.1 Å². The van der Waals surface area contributed by atoms with Gasteiger partial charge in [0.1, 0.15) is 0 Å². The van der Waals surface area contributed by atoms with Gasteiger partial charge in [0.15, 0.2) is 0 Å². The van der Waals surface area contributed by atoms with Crippen LogP contribution in [-0.4, -0.2) is 121 Å². The lowest BCUT2D eigenvalue weighted by Crippen LogP contribution is -2.36. The number of rotatable bonds is 22. The summed E-state index contributed by atoms with van der Waals surface area (Å²) in [5, 5.41) is 18.3. The first kappa shape index (κ1) is 93.1. The molecule has 0 fully saturated rings. The lowest BCUT2D eigenvalue weighted by atomic mass is 9.90. The number of aromatic nitrogens is 8. The van der Waals surface area contributed by atoms with Gasteiger partial charge in [-0.15, -0.1) is 0 Å². The van der Waals surface area contributed by atoms with E-state index in [1.807, 2.05) is 158 Å². The molecule has 4 heterocycles. The van der Waals surface area contributed by atoms with Crippen molar-refractivity contribution in [3.63, 3.8) is 0 Å². The average molecular weight is 1700 g/mol. The van der Waals surface area contributed by atoms with Crippen molar-refractivity contribution < 1.29 is 72.0 Å². The van der Waals surface area contributed by atoms with Gasteiger partial charge in [-0.2, -0.15) is 33.7 Å². The number of nitrogens with zero attached hydrogens (tertiary/aromatic N) is 8. The van der Waals surface area contributed by atoms with Crippen molar-refractivity contribution >= 4 is 133 Å². The van der Waals surface area contributed by atoms with E-state index < -0.39 is 84.8 Å². The van der Waals surface area contributed by atoms with Crippen LogP contribution < -0.4 is 61.4 Å². The summed E-state index contributed by atoms with van der Waals surface area (Å²) in [6, 6.07) is 12.3. The third-order valence-corrected chi connectivity index (χ3v) is 22.2. The van der Waals surface area contributed by atoms with Crippen LogP contribution in [0.15, 0.2) is 119 Å². The number of aryl methyl sites for hydroxylation is 4. The largest absolute Gasteiger partial charge is 0.333 e. The number of fused-ring (bicyclic) bond motifs is 2. The summed E-state index contributed by atoms with van der Waals surface area (Å²) in [7, 11) is -17.1. The number of carbonyl (C=O) groups is 8. The fourth-order valence-corrected chi connectivity index (χ4v) is 15.7. The van der Waals surface area contributed by atoms with Gasteiger partial charge in [0, 0.05) is 50.4 Å². The Balaban J connectivity index is 0.000000217. The minimum atomic E-state index is -4.30. The van der Waals surface area contributed by atoms with Gasteiger partial charge in [-0.3, -0.25) is 19.2 Å². The Labute approximate surface area is 686 Å². The third-order valence-electron chi connectivity index (χ3n) is 17.6. The van der Waals surface area contributed by atoms with E-state index in [9.17, 15) is 72.0 Å². The number of anilines is 8. The summed E-state index contributed by atoms with van der Waals surface area (Å²) in [5.74, 6) is -0.596. The highest BCUT2D eigenvalue weighted by Gasteiger charge is 2.31. The lowest BCUT2D eigenvalue weighted by Gasteiger charge is -2.21. The fourth-order valence-electron chi connectivity index (χ4n) is 12.6. The highest BCUT2D eigenvalue weighted by molar-refractivity contribution is 7.90. The quantitative estimate of drug-likeness (QED) is 0.0280. The molecule has 10 rings (SSSR count). The fraction of sp³-hybridized carbons (Fsp3) is 0.385. The molecule has 2 aliphatic carbocycles. The lowest BCUT2D eigenvalue weighted by molar-refractivity contribution is -0.115. The van der Waals surface area contributed by atoms with E-state index in [1.165, 1.54) is 38.8 Å². The van der Waals surface area contributed by atoms with Gasteiger partial charge in [-0.1, -0.05) is 143 Å². The van der Waals surface area contributed by atoms with E-state index in [-0.39, 0.29) is 81.9 Å². The number of nitrogens with one attached hydrogen (secondary N) is 12. The Kier molecular flexibility index (Phi) is 31.7. The van der Waals surface area contributed by atoms with Gasteiger partial charge >= 0.3 is 64.2 Å². The first-order valence-electron chi connectivity index (χ1n) is 37.5. The van der Waals surface area contributed by atoms with Crippen LogP contribution in [-0.2, 0) is 85.0 Å². The van der Waals surface area contributed by atoms with E-state index in [1.54, 1.807) is 0 Å². The van der Waals surface area contributed by atoms with Crippen LogP contribution in [0.2, 0.25) is 0 Å². The molecular formula is C78H100N20O16S4. The van der Waals surface area contributed by atoms with E-state index in [4.69, 9.17) is 0 Å². The first-order valence-corrected chi connectivity index (χ1v) is 43.4. The number of carbonyl (C=O) groups excluding carboxylic acids is 8. The molecule has 0 saturated carbocycles. The van der Waals surface area contributed by atoms with Gasteiger partial charge in [0.25, 0.3) is 20.6 Å². The molecule has 4 aromatic heterocycles. The van der Waals surface area contributed by atoms with E-state index >= 15 is 0 Å². The van der Waals surface area contributed by atoms with Crippen molar-refractivity contribution in [3.8, 4) is 0 Å². The number of amides is 12. The van der Waals surface area contributed by atoms with Crippen molar-refractivity contribution in [3.05, 3.63) is 165 Å². The molecule has 0 spiro atoms. The molecule has 12 N–H and O–H groups in total. The zero-order valence-electron chi connectivity index (χ0n) is 68.7. The summed E-state index contributed by atoms with van der Waals surface area (Å²) in [6.07, 6.45) is 15.0. The maximum Gasteiger partial charge on any atom is 0.333 e. The minimum absolute atomic E-state index is 0.124. The highest BCUT2D eigenvalue weighted by Crippen LogP contribution is 2.40. The second kappa shape index (κ2) is 40.2. The van der Waals surface area contributed by atoms with Crippen molar-refractivity contribution in [1.29, 1.82) is 0 Å². The number of urea groups is 4. The molecule has 2 aliphatic rings. The summed E-state index contributed by atoms with van der Waals surface area (Å²) < 4.78 is 107. The molecular weight excluding hydrogens is 1600 g/mol. The van der Waals surface area contributed by atoms with Crippen LogP contribution in [0.25, 0.3) is 0 Å². The molecule has 0 aliphatic heterocycles. The molecule has 0 saturated heterocycles. The predicted octanol–water partition coefficient (Wildman–Crippen LogP) is 12.1. The van der Waals surface area contributed by atoms with Gasteiger partial charge in [0.2, 0.25) is 23.6 Å². The third kappa shape index (κ3) is 26.0. The molecule has 0 radical (unpaired) electrons. The van der Waals surface area contributed by atoms with Gasteiger partial charge in [0.05, 0.1) is 72.3 Å². The summed E-state index contributed by atoms with van der Waals surface area (Å²) in [4.78, 5) is 124. The topological polar surface area (TPSA) is 521 Å². The summed E-state index contributed by atoms with van der Waals surface area (Å²) in [5.41, 5.74) is 15.8. The maximum atomic E-state index is 12.5. The molecule has 12 amide bonds. The maximum absolute atomic E-state index is 12.5. The Morgan fingerprint density at radius 2 is 0.508 bits per heavy atom. The number of hydrogen-bond acceptors (Lipinski definition) is 24. The monoisotopic (exact) mass is 1700 g/mol. The van der Waals surface area contributed by atoms with Crippen LogP contribution in [0.1, 0.15) is 226 Å². The van der Waals surface area contributed by atoms with Gasteiger partial charge < -0.3 is 42.5 Å². The van der Waals surface area contributed by atoms with Crippen LogP contribution in [0.4, 0.5) is 64.7 Å². The van der Waals surface area contributed by atoms with Crippen molar-refractivity contribution in [2.45, 2.75) is 219 Å². The SMILES string of the molecule is CC(=O)Nc1cnc(S(=O)(=O)NC(=O)Nc2c(C(C)C)cc(C)cc2C(C)C)nc1.CC(=O)Nc1cnc(S(=O)(=O)NC(=O)Nc2c(C(C)C)cc(C)cc2C(C)C)nc1.CC(=O)Nc1cnc(S(=O)(=O)NC(=O)Nc2c(C(C)C)cccc2C(C)C)nc1.CC(=O)Nc1cnc(S(=O)(=O)NC(=O)Nc2c3c(cc4c2CCC4)CCC3)nc1. The molecule has 0 atom stereocenters. The van der Waals surface area contributed by atoms with Gasteiger partial charge in [-0.25, -0.2) is 77.9 Å². The molecule has 0 bridgehead atoms. The van der Waals surface area contributed by atoms with Crippen LogP contribution in [0, 0.1) is 13.8 Å². The zero-order valence-corrected chi connectivity index (χ0v) is 72.0. The van der Waals surface area contributed by atoms with Crippen molar-refractivity contribution in [2.75, 3.05) is 42.5 Å². The van der Waals surface area contributed by atoms with Crippen molar-refractivity contribution in [2.24, 2.45) is 0 Å². The molecule has 40 heteroatoms. The average Bonchev–Trinajstić information content (AvgIpc) is 1.61. The van der Waals surface area contributed by atoms with E-state index in [2.05, 4.69) is 88.5 Å². The second-order valence-corrected chi connectivity index (χ2v) is 35.9. The number of benzene rings is 4. The Morgan fingerprint density at radius 3 is 0.720 bits per heavy atom. The summed E-state index contributed by atoms with van der Waals surface area (Å²) >= 11 is 0. The van der Waals surface area contributed by atoms with Crippen molar-refractivity contribution in [1.82, 2.24) is 58.8 Å². The van der Waals surface area contributed by atoms with Crippen LogP contribution in [0.5, 0.6) is 0 Å². The molecule has 8 aromatic rings. The molecule has 118 heavy (non-hydrogen) atoms. The number of para-hydroxylation sites is 1. The normalized spacial score (nSPS) is 12.3. The first-order chi connectivity index (χ1) is 55.1. The van der Waals surface area contributed by atoms with E-state index in [0.717, 1.165) is 149 Å². The second-order valence-electron chi connectivity index (χ2n) is 29.6. The Bertz CT molecular complexity index is 5270. The van der Waals surface area contributed by atoms with Gasteiger partial charge in [-0.05, 0) is 144 Å². The number of sulfonamides is 4.